The second kappa shape index (κ2) is 6.41. The van der Waals surface area contributed by atoms with Gasteiger partial charge < -0.3 is 10.1 Å². The summed E-state index contributed by atoms with van der Waals surface area (Å²) in [6, 6.07) is 12.9. The Morgan fingerprint density at radius 2 is 1.95 bits per heavy atom. The Kier molecular flexibility index (Phi) is 4.55. The molecule has 1 aliphatic heterocycles. The number of hydrogen-bond donors (Lipinski definition) is 1. The van der Waals surface area contributed by atoms with Crippen molar-refractivity contribution in [3.8, 4) is 5.75 Å². The number of fused-ring (bicyclic) bond motifs is 1. The highest BCUT2D eigenvalue weighted by atomic mass is 79.9. The first-order valence-electron chi connectivity index (χ1n) is 7.15. The molecule has 0 radical (unpaired) electrons. The van der Waals surface area contributed by atoms with Crippen LogP contribution in [0.3, 0.4) is 0 Å². The van der Waals surface area contributed by atoms with Gasteiger partial charge in [0.1, 0.15) is 5.75 Å². The molecule has 0 spiro atoms. The van der Waals surface area contributed by atoms with E-state index in [0.29, 0.717) is 0 Å². The highest BCUT2D eigenvalue weighted by Crippen LogP contribution is 2.36. The van der Waals surface area contributed by atoms with Crippen molar-refractivity contribution in [1.82, 2.24) is 0 Å². The summed E-state index contributed by atoms with van der Waals surface area (Å²) in [4.78, 5) is 0. The predicted octanol–water partition coefficient (Wildman–Crippen LogP) is 5.71. The van der Waals surface area contributed by atoms with Crippen molar-refractivity contribution in [3.05, 3.63) is 56.5 Å². The van der Waals surface area contributed by atoms with Gasteiger partial charge in [-0.05, 0) is 73.7 Å². The van der Waals surface area contributed by atoms with Crippen molar-refractivity contribution in [2.75, 3.05) is 11.9 Å². The van der Waals surface area contributed by atoms with Gasteiger partial charge in [-0.25, -0.2) is 0 Å². The molecule has 1 unspecified atom stereocenters. The van der Waals surface area contributed by atoms with E-state index in [2.05, 4.69) is 74.4 Å². The number of halogens is 2. The number of rotatable bonds is 4. The zero-order valence-corrected chi connectivity index (χ0v) is 15.0. The van der Waals surface area contributed by atoms with Gasteiger partial charge in [0.05, 0.1) is 18.3 Å². The van der Waals surface area contributed by atoms with E-state index in [-0.39, 0.29) is 6.04 Å². The number of ether oxygens (including phenoxy) is 1. The molecule has 0 aliphatic carbocycles. The van der Waals surface area contributed by atoms with Crippen LogP contribution in [-0.2, 0) is 6.42 Å². The zero-order valence-electron chi connectivity index (χ0n) is 11.8. The SMILES string of the molecule is CCC(Nc1c(Br)cccc1Br)c1ccc2c(c1)CCO2. The number of para-hydroxylation sites is 1. The van der Waals surface area contributed by atoms with E-state index >= 15 is 0 Å². The van der Waals surface area contributed by atoms with Gasteiger partial charge in [0.2, 0.25) is 0 Å². The van der Waals surface area contributed by atoms with Crippen molar-refractivity contribution in [3.63, 3.8) is 0 Å². The largest absolute Gasteiger partial charge is 0.493 e. The van der Waals surface area contributed by atoms with Crippen LogP contribution >= 0.6 is 31.9 Å². The third kappa shape index (κ3) is 3.11. The average molecular weight is 411 g/mol. The molecular weight excluding hydrogens is 394 g/mol. The van der Waals surface area contributed by atoms with Crippen LogP contribution in [-0.4, -0.2) is 6.61 Å². The highest BCUT2D eigenvalue weighted by molar-refractivity contribution is 9.11. The fourth-order valence-electron chi connectivity index (χ4n) is 2.65. The molecule has 0 saturated heterocycles. The summed E-state index contributed by atoms with van der Waals surface area (Å²) in [6.07, 6.45) is 2.03. The first-order valence-corrected chi connectivity index (χ1v) is 8.74. The van der Waals surface area contributed by atoms with E-state index in [1.165, 1.54) is 11.1 Å². The number of anilines is 1. The van der Waals surface area contributed by atoms with E-state index in [1.807, 2.05) is 6.07 Å². The van der Waals surface area contributed by atoms with Gasteiger partial charge in [0, 0.05) is 15.4 Å². The average Bonchev–Trinajstić information content (AvgIpc) is 2.94. The van der Waals surface area contributed by atoms with Crippen molar-refractivity contribution < 1.29 is 4.74 Å². The van der Waals surface area contributed by atoms with Crippen LogP contribution in [0.4, 0.5) is 5.69 Å². The molecule has 1 heterocycles. The molecule has 21 heavy (non-hydrogen) atoms. The normalized spacial score (nSPS) is 14.4. The van der Waals surface area contributed by atoms with Crippen LogP contribution < -0.4 is 10.1 Å². The molecule has 1 aliphatic rings. The Hall–Kier alpha value is -1.00. The van der Waals surface area contributed by atoms with Crippen LogP contribution in [0, 0.1) is 0 Å². The number of nitrogens with one attached hydrogen (secondary N) is 1. The van der Waals surface area contributed by atoms with E-state index < -0.39 is 0 Å². The first kappa shape index (κ1) is 14.9. The van der Waals surface area contributed by atoms with E-state index in [4.69, 9.17) is 4.74 Å². The maximum absolute atomic E-state index is 5.59. The Bertz CT molecular complexity index is 637. The molecule has 0 aromatic heterocycles. The fraction of sp³-hybridized carbons (Fsp3) is 0.294. The van der Waals surface area contributed by atoms with E-state index in [9.17, 15) is 0 Å². The summed E-state index contributed by atoms with van der Waals surface area (Å²) in [6.45, 7) is 3.00. The van der Waals surface area contributed by atoms with Gasteiger partial charge >= 0.3 is 0 Å². The van der Waals surface area contributed by atoms with Gasteiger partial charge in [0.15, 0.2) is 0 Å². The molecule has 0 amide bonds. The molecule has 3 rings (SSSR count). The zero-order chi connectivity index (χ0) is 14.8. The maximum atomic E-state index is 5.59. The van der Waals surface area contributed by atoms with Gasteiger partial charge in [-0.3, -0.25) is 0 Å². The lowest BCUT2D eigenvalue weighted by Crippen LogP contribution is -2.10. The van der Waals surface area contributed by atoms with E-state index in [0.717, 1.165) is 39.8 Å². The lowest BCUT2D eigenvalue weighted by Gasteiger charge is -2.21. The molecule has 110 valence electrons. The second-order valence-corrected chi connectivity index (χ2v) is 6.88. The monoisotopic (exact) mass is 409 g/mol. The maximum Gasteiger partial charge on any atom is 0.122 e. The summed E-state index contributed by atoms with van der Waals surface area (Å²) in [5, 5.41) is 3.64. The quantitative estimate of drug-likeness (QED) is 0.696. The summed E-state index contributed by atoms with van der Waals surface area (Å²) in [5.74, 6) is 1.04. The highest BCUT2D eigenvalue weighted by Gasteiger charge is 2.17. The van der Waals surface area contributed by atoms with Gasteiger partial charge in [-0.1, -0.05) is 19.1 Å². The standard InChI is InChI=1S/C17H17Br2NO/c1-2-15(20-17-13(18)4-3-5-14(17)19)11-6-7-16-12(10-11)8-9-21-16/h3-7,10,15,20H,2,8-9H2,1H3. The lowest BCUT2D eigenvalue weighted by molar-refractivity contribution is 0.357. The second-order valence-electron chi connectivity index (χ2n) is 5.17. The Morgan fingerprint density at radius 1 is 1.19 bits per heavy atom. The smallest absolute Gasteiger partial charge is 0.122 e. The first-order chi connectivity index (χ1) is 10.2. The molecule has 4 heteroatoms. The van der Waals surface area contributed by atoms with Crippen LogP contribution in [0.1, 0.15) is 30.5 Å². The molecular formula is C17H17Br2NO. The minimum Gasteiger partial charge on any atom is -0.493 e. The van der Waals surface area contributed by atoms with Gasteiger partial charge in [-0.2, -0.15) is 0 Å². The third-order valence-electron chi connectivity index (χ3n) is 3.81. The molecule has 1 atom stereocenters. The Balaban J connectivity index is 1.89. The topological polar surface area (TPSA) is 21.3 Å². The minimum atomic E-state index is 0.283. The Labute approximate surface area is 142 Å². The van der Waals surface area contributed by atoms with Crippen LogP contribution in [0.5, 0.6) is 5.75 Å². The molecule has 2 aromatic carbocycles. The summed E-state index contributed by atoms with van der Waals surface area (Å²) >= 11 is 7.23. The molecule has 0 fully saturated rings. The van der Waals surface area contributed by atoms with E-state index in [1.54, 1.807) is 0 Å². The molecule has 1 N–H and O–H groups in total. The van der Waals surface area contributed by atoms with Crippen molar-refractivity contribution in [1.29, 1.82) is 0 Å². The Morgan fingerprint density at radius 3 is 2.67 bits per heavy atom. The molecule has 0 saturated carbocycles. The molecule has 2 aromatic rings. The third-order valence-corrected chi connectivity index (χ3v) is 5.13. The number of hydrogen-bond acceptors (Lipinski definition) is 2. The minimum absolute atomic E-state index is 0.283. The summed E-state index contributed by atoms with van der Waals surface area (Å²) in [5.41, 5.74) is 3.73. The van der Waals surface area contributed by atoms with Crippen LogP contribution in [0.2, 0.25) is 0 Å². The summed E-state index contributed by atoms with van der Waals surface area (Å²) in [7, 11) is 0. The molecule has 0 bridgehead atoms. The predicted molar refractivity (Wildman–Crippen MR) is 94.1 cm³/mol. The number of benzene rings is 2. The molecule has 2 nitrogen and oxygen atoms in total. The fourth-order valence-corrected chi connectivity index (χ4v) is 3.88. The van der Waals surface area contributed by atoms with Crippen LogP contribution in [0.25, 0.3) is 0 Å². The van der Waals surface area contributed by atoms with Crippen molar-refractivity contribution in [2.45, 2.75) is 25.8 Å². The van der Waals surface area contributed by atoms with Crippen LogP contribution in [0.15, 0.2) is 45.3 Å². The van der Waals surface area contributed by atoms with Gasteiger partial charge in [0.25, 0.3) is 0 Å². The lowest BCUT2D eigenvalue weighted by atomic mass is 10.0. The van der Waals surface area contributed by atoms with Crippen molar-refractivity contribution in [2.24, 2.45) is 0 Å². The summed E-state index contributed by atoms with van der Waals surface area (Å²) < 4.78 is 7.73. The van der Waals surface area contributed by atoms with Crippen molar-refractivity contribution >= 4 is 37.5 Å². The van der Waals surface area contributed by atoms with Gasteiger partial charge in [-0.15, -0.1) is 0 Å².